The molecule has 1 aliphatic carbocycles. The van der Waals surface area contributed by atoms with Crippen molar-refractivity contribution in [3.63, 3.8) is 0 Å². The molecule has 31 heavy (non-hydrogen) atoms. The highest BCUT2D eigenvalue weighted by Gasteiger charge is 2.38. The Kier molecular flexibility index (Phi) is 6.17. The van der Waals surface area contributed by atoms with Crippen molar-refractivity contribution in [3.8, 4) is 11.3 Å². The minimum Gasteiger partial charge on any atom is -0.366 e. The molecular formula is C22H24F6N2O. The zero-order valence-corrected chi connectivity index (χ0v) is 17.3. The molecule has 1 aromatic carbocycles. The van der Waals surface area contributed by atoms with Gasteiger partial charge in [0.15, 0.2) is 0 Å². The molecule has 1 saturated carbocycles. The maximum absolute atomic E-state index is 13.4. The summed E-state index contributed by atoms with van der Waals surface area (Å²) in [5.41, 5.74) is 3.54. The molecule has 0 aliphatic heterocycles. The monoisotopic (exact) mass is 446 g/mol. The third kappa shape index (κ3) is 4.75. The highest BCUT2D eigenvalue weighted by atomic mass is 19.4. The van der Waals surface area contributed by atoms with Crippen molar-refractivity contribution in [2.75, 3.05) is 0 Å². The number of amides is 1. The van der Waals surface area contributed by atoms with E-state index in [4.69, 9.17) is 5.73 Å². The second kappa shape index (κ2) is 8.24. The summed E-state index contributed by atoms with van der Waals surface area (Å²) in [5, 5.41) is 0. The maximum atomic E-state index is 13.4. The molecule has 0 radical (unpaired) electrons. The smallest absolute Gasteiger partial charge is 0.366 e. The predicted molar refractivity (Wildman–Crippen MR) is 104 cm³/mol. The Labute approximate surface area is 176 Å². The van der Waals surface area contributed by atoms with Crippen LogP contribution >= 0.6 is 0 Å². The fourth-order valence-corrected chi connectivity index (χ4v) is 4.58. The Morgan fingerprint density at radius 1 is 0.968 bits per heavy atom. The molecule has 0 bridgehead atoms. The van der Waals surface area contributed by atoms with E-state index in [-0.39, 0.29) is 34.4 Å². The van der Waals surface area contributed by atoms with Gasteiger partial charge in [-0.05, 0) is 61.9 Å². The van der Waals surface area contributed by atoms with Gasteiger partial charge in [0.1, 0.15) is 0 Å². The molecule has 0 spiro atoms. The molecule has 2 N–H and O–H groups in total. The number of benzene rings is 1. The number of nitrogens with two attached hydrogens (primary N) is 1. The molecule has 0 unspecified atom stereocenters. The van der Waals surface area contributed by atoms with E-state index in [1.807, 2.05) is 0 Å². The Morgan fingerprint density at radius 2 is 1.48 bits per heavy atom. The summed E-state index contributed by atoms with van der Waals surface area (Å²) in [6, 6.07) is 1.52. The van der Waals surface area contributed by atoms with Crippen LogP contribution in [-0.2, 0) is 18.9 Å². The van der Waals surface area contributed by atoms with Gasteiger partial charge in [0.2, 0.25) is 0 Å². The Morgan fingerprint density at radius 3 is 1.94 bits per heavy atom. The number of hydrogen-bond acceptors (Lipinski definition) is 1. The van der Waals surface area contributed by atoms with Crippen molar-refractivity contribution in [3.05, 3.63) is 46.1 Å². The summed E-state index contributed by atoms with van der Waals surface area (Å²) in [5.74, 6) is -0.534. The zero-order valence-electron chi connectivity index (χ0n) is 17.3. The average molecular weight is 446 g/mol. The molecular weight excluding hydrogens is 422 g/mol. The predicted octanol–water partition coefficient (Wildman–Crippen LogP) is 6.49. The fraction of sp³-hybridized carbons (Fsp3) is 0.500. The molecule has 1 fully saturated rings. The van der Waals surface area contributed by atoms with Crippen molar-refractivity contribution >= 4 is 5.91 Å². The molecule has 0 saturated heterocycles. The summed E-state index contributed by atoms with van der Waals surface area (Å²) >= 11 is 0. The van der Waals surface area contributed by atoms with Crippen LogP contribution in [0.1, 0.15) is 64.8 Å². The number of aromatic nitrogens is 1. The van der Waals surface area contributed by atoms with E-state index in [0.29, 0.717) is 24.4 Å². The van der Waals surface area contributed by atoms with E-state index in [2.05, 4.69) is 0 Å². The van der Waals surface area contributed by atoms with Crippen LogP contribution in [0.4, 0.5) is 26.3 Å². The molecule has 1 aliphatic rings. The van der Waals surface area contributed by atoms with Crippen LogP contribution in [0.2, 0.25) is 0 Å². The zero-order chi connectivity index (χ0) is 23.1. The molecule has 1 heterocycles. The SMILES string of the molecule is Cc1c(C(N)=O)c(C)n(CC2CCCCC2)c1-c1cc(C(F)(F)F)cc(C(F)(F)F)c1. The average Bonchev–Trinajstić information content (AvgIpc) is 2.90. The number of hydrogen-bond donors (Lipinski definition) is 1. The van der Waals surface area contributed by atoms with E-state index in [9.17, 15) is 31.1 Å². The van der Waals surface area contributed by atoms with Crippen LogP contribution in [0.3, 0.4) is 0 Å². The molecule has 170 valence electrons. The van der Waals surface area contributed by atoms with E-state index >= 15 is 0 Å². The molecule has 3 rings (SSSR count). The van der Waals surface area contributed by atoms with E-state index in [1.165, 1.54) is 6.92 Å². The van der Waals surface area contributed by atoms with Gasteiger partial charge in [-0.15, -0.1) is 0 Å². The summed E-state index contributed by atoms with van der Waals surface area (Å²) in [6.07, 6.45) is -4.94. The van der Waals surface area contributed by atoms with Gasteiger partial charge in [-0.3, -0.25) is 4.79 Å². The number of primary amides is 1. The standard InChI is InChI=1S/C22H24F6N2O/c1-12-18(20(29)31)13(2)30(11-14-6-4-3-5-7-14)19(12)15-8-16(21(23,24)25)10-17(9-15)22(26,27)28/h8-10,14H,3-7,11H2,1-2H3,(H2,29,31). The van der Waals surface area contributed by atoms with Crippen molar-refractivity contribution in [1.29, 1.82) is 0 Å². The third-order valence-electron chi connectivity index (χ3n) is 6.04. The second-order valence-electron chi connectivity index (χ2n) is 8.21. The van der Waals surface area contributed by atoms with Crippen molar-refractivity contribution in [1.82, 2.24) is 4.57 Å². The normalized spacial score (nSPS) is 16.0. The fourth-order valence-electron chi connectivity index (χ4n) is 4.58. The Bertz CT molecular complexity index is 949. The Hall–Kier alpha value is -2.45. The lowest BCUT2D eigenvalue weighted by molar-refractivity contribution is -0.143. The molecule has 0 atom stereocenters. The van der Waals surface area contributed by atoms with Gasteiger partial charge >= 0.3 is 12.4 Å². The van der Waals surface area contributed by atoms with Gasteiger partial charge in [-0.25, -0.2) is 0 Å². The minimum absolute atomic E-state index is 0.106. The molecule has 1 amide bonds. The molecule has 2 aromatic rings. The van der Waals surface area contributed by atoms with Crippen LogP contribution in [-0.4, -0.2) is 10.5 Å². The van der Waals surface area contributed by atoms with Gasteiger partial charge in [0.05, 0.1) is 22.4 Å². The van der Waals surface area contributed by atoms with E-state index in [0.717, 1.165) is 32.1 Å². The van der Waals surface area contributed by atoms with Crippen LogP contribution in [0.25, 0.3) is 11.3 Å². The lowest BCUT2D eigenvalue weighted by Gasteiger charge is -2.25. The maximum Gasteiger partial charge on any atom is 0.416 e. The van der Waals surface area contributed by atoms with Gasteiger partial charge in [-0.2, -0.15) is 26.3 Å². The Balaban J connectivity index is 2.25. The van der Waals surface area contributed by atoms with Crippen LogP contribution in [0.5, 0.6) is 0 Å². The molecule has 9 heteroatoms. The van der Waals surface area contributed by atoms with Gasteiger partial charge < -0.3 is 10.3 Å². The third-order valence-corrected chi connectivity index (χ3v) is 6.04. The second-order valence-corrected chi connectivity index (χ2v) is 8.21. The minimum atomic E-state index is -4.95. The lowest BCUT2D eigenvalue weighted by atomic mass is 9.89. The van der Waals surface area contributed by atoms with Crippen molar-refractivity contribution in [2.45, 2.75) is 64.8 Å². The van der Waals surface area contributed by atoms with Crippen LogP contribution < -0.4 is 5.73 Å². The summed E-state index contributed by atoms with van der Waals surface area (Å²) in [7, 11) is 0. The van der Waals surface area contributed by atoms with Crippen molar-refractivity contribution < 1.29 is 31.1 Å². The molecule has 3 nitrogen and oxygen atoms in total. The first-order valence-electron chi connectivity index (χ1n) is 10.1. The van der Waals surface area contributed by atoms with Crippen molar-refractivity contribution in [2.24, 2.45) is 11.7 Å². The van der Waals surface area contributed by atoms with E-state index < -0.39 is 29.4 Å². The van der Waals surface area contributed by atoms with E-state index in [1.54, 1.807) is 11.5 Å². The summed E-state index contributed by atoms with van der Waals surface area (Å²) in [4.78, 5) is 12.0. The van der Waals surface area contributed by atoms with Crippen LogP contribution in [0, 0.1) is 19.8 Å². The molecule has 1 aromatic heterocycles. The topological polar surface area (TPSA) is 48.0 Å². The number of halogens is 6. The number of rotatable bonds is 4. The number of alkyl halides is 6. The first-order chi connectivity index (χ1) is 14.3. The first kappa shape index (κ1) is 23.2. The number of carbonyl (C=O) groups is 1. The first-order valence-corrected chi connectivity index (χ1v) is 10.1. The summed E-state index contributed by atoms with van der Waals surface area (Å²) < 4.78 is 82.0. The van der Waals surface area contributed by atoms with Gasteiger partial charge in [0.25, 0.3) is 5.91 Å². The lowest BCUT2D eigenvalue weighted by Crippen LogP contribution is -2.17. The number of carbonyl (C=O) groups excluding carboxylic acids is 1. The van der Waals surface area contributed by atoms with Gasteiger partial charge in [-0.1, -0.05) is 19.3 Å². The summed E-state index contributed by atoms with van der Waals surface area (Å²) in [6.45, 7) is 3.54. The highest BCUT2D eigenvalue weighted by molar-refractivity contribution is 5.98. The van der Waals surface area contributed by atoms with Crippen LogP contribution in [0.15, 0.2) is 18.2 Å². The number of nitrogens with zero attached hydrogens (tertiary/aromatic N) is 1. The quantitative estimate of drug-likeness (QED) is 0.537. The largest absolute Gasteiger partial charge is 0.416 e. The highest BCUT2D eigenvalue weighted by Crippen LogP contribution is 2.41. The van der Waals surface area contributed by atoms with Gasteiger partial charge in [0, 0.05) is 12.2 Å².